The van der Waals surface area contributed by atoms with Crippen LogP contribution < -0.4 is 10.6 Å². The Hall–Kier alpha value is -0.120. The third-order valence-electron chi connectivity index (χ3n) is 4.14. The van der Waals surface area contributed by atoms with Crippen LogP contribution in [-0.4, -0.2) is 88.4 Å². The summed E-state index contributed by atoms with van der Waals surface area (Å²) in [5, 5.41) is 6.78. The lowest BCUT2D eigenvalue weighted by Gasteiger charge is -2.26. The van der Waals surface area contributed by atoms with E-state index >= 15 is 0 Å². The van der Waals surface area contributed by atoms with Crippen LogP contribution in [0.5, 0.6) is 0 Å². The van der Waals surface area contributed by atoms with Crippen LogP contribution in [-0.2, 0) is 4.74 Å². The highest BCUT2D eigenvalue weighted by atomic mass is 127. The van der Waals surface area contributed by atoms with Crippen LogP contribution in [0.1, 0.15) is 26.7 Å². The molecule has 1 aliphatic heterocycles. The van der Waals surface area contributed by atoms with Gasteiger partial charge in [0.2, 0.25) is 0 Å². The molecule has 0 atom stereocenters. The zero-order valence-electron chi connectivity index (χ0n) is 15.1. The molecule has 0 bridgehead atoms. The molecule has 0 amide bonds. The SMILES string of the molecule is CCN(CC)CCCCNC(=NC)NCCN1CCOCC1.I. The fourth-order valence-corrected chi connectivity index (χ4v) is 2.58. The summed E-state index contributed by atoms with van der Waals surface area (Å²) in [6.45, 7) is 14.7. The number of morpholine rings is 1. The number of aliphatic imine (C=N–C) groups is 1. The molecule has 138 valence electrons. The van der Waals surface area contributed by atoms with Crippen molar-refractivity contribution in [2.75, 3.05) is 72.6 Å². The minimum Gasteiger partial charge on any atom is -0.379 e. The minimum atomic E-state index is 0. The highest BCUT2D eigenvalue weighted by Crippen LogP contribution is 1.95. The summed E-state index contributed by atoms with van der Waals surface area (Å²) in [7, 11) is 1.83. The van der Waals surface area contributed by atoms with Gasteiger partial charge in [-0.15, -0.1) is 24.0 Å². The fraction of sp³-hybridized carbons (Fsp3) is 0.938. The Balaban J connectivity index is 0.00000484. The van der Waals surface area contributed by atoms with E-state index in [1.807, 2.05) is 7.05 Å². The first-order chi connectivity index (χ1) is 10.8. The van der Waals surface area contributed by atoms with E-state index in [9.17, 15) is 0 Å². The fourth-order valence-electron chi connectivity index (χ4n) is 2.58. The third kappa shape index (κ3) is 11.1. The first-order valence-corrected chi connectivity index (χ1v) is 8.77. The van der Waals surface area contributed by atoms with Crippen molar-refractivity contribution in [3.05, 3.63) is 0 Å². The Labute approximate surface area is 159 Å². The van der Waals surface area contributed by atoms with Crippen molar-refractivity contribution in [1.29, 1.82) is 0 Å². The summed E-state index contributed by atoms with van der Waals surface area (Å²) in [4.78, 5) is 9.17. The van der Waals surface area contributed by atoms with E-state index < -0.39 is 0 Å². The van der Waals surface area contributed by atoms with Gasteiger partial charge in [0.1, 0.15) is 0 Å². The molecule has 1 saturated heterocycles. The normalized spacial score (nSPS) is 16.3. The third-order valence-corrected chi connectivity index (χ3v) is 4.14. The van der Waals surface area contributed by atoms with Crippen molar-refractivity contribution in [2.45, 2.75) is 26.7 Å². The predicted molar refractivity (Wildman–Crippen MR) is 109 cm³/mol. The second-order valence-corrected chi connectivity index (χ2v) is 5.61. The molecule has 0 unspecified atom stereocenters. The maximum atomic E-state index is 5.36. The van der Waals surface area contributed by atoms with Crippen molar-refractivity contribution in [3.8, 4) is 0 Å². The van der Waals surface area contributed by atoms with Crippen molar-refractivity contribution >= 4 is 29.9 Å². The molecule has 0 aliphatic carbocycles. The molecule has 0 aromatic heterocycles. The van der Waals surface area contributed by atoms with Crippen molar-refractivity contribution < 1.29 is 4.74 Å². The molecule has 0 saturated carbocycles. The second-order valence-electron chi connectivity index (χ2n) is 5.61. The number of nitrogens with one attached hydrogen (secondary N) is 2. The molecule has 1 heterocycles. The number of guanidine groups is 1. The molecule has 6 nitrogen and oxygen atoms in total. The zero-order valence-corrected chi connectivity index (χ0v) is 17.5. The molecule has 7 heteroatoms. The number of ether oxygens (including phenoxy) is 1. The molecule has 2 N–H and O–H groups in total. The highest BCUT2D eigenvalue weighted by molar-refractivity contribution is 14.0. The van der Waals surface area contributed by atoms with Crippen molar-refractivity contribution in [1.82, 2.24) is 20.4 Å². The maximum absolute atomic E-state index is 5.36. The van der Waals surface area contributed by atoms with Gasteiger partial charge in [0, 0.05) is 39.8 Å². The molecule has 1 fully saturated rings. The van der Waals surface area contributed by atoms with Gasteiger partial charge >= 0.3 is 0 Å². The minimum absolute atomic E-state index is 0. The summed E-state index contributed by atoms with van der Waals surface area (Å²) in [5.74, 6) is 0.913. The van der Waals surface area contributed by atoms with E-state index in [4.69, 9.17) is 4.74 Å². The monoisotopic (exact) mass is 441 g/mol. The first-order valence-electron chi connectivity index (χ1n) is 8.77. The first kappa shape index (κ1) is 22.9. The molecule has 1 aliphatic rings. The molecule has 0 radical (unpaired) electrons. The van der Waals surface area contributed by atoms with E-state index in [1.165, 1.54) is 19.4 Å². The Bertz CT molecular complexity index is 294. The summed E-state index contributed by atoms with van der Waals surface area (Å²) >= 11 is 0. The lowest BCUT2D eigenvalue weighted by Crippen LogP contribution is -2.44. The van der Waals surface area contributed by atoms with E-state index in [1.54, 1.807) is 0 Å². The molecular weight excluding hydrogens is 405 g/mol. The number of halogens is 1. The van der Waals surface area contributed by atoms with Gasteiger partial charge in [0.15, 0.2) is 5.96 Å². The van der Waals surface area contributed by atoms with Crippen LogP contribution in [0.3, 0.4) is 0 Å². The van der Waals surface area contributed by atoms with Crippen LogP contribution in [0.25, 0.3) is 0 Å². The van der Waals surface area contributed by atoms with E-state index in [0.29, 0.717) is 0 Å². The average Bonchev–Trinajstić information content (AvgIpc) is 2.57. The summed E-state index contributed by atoms with van der Waals surface area (Å²) in [6, 6.07) is 0. The molecule has 0 spiro atoms. The molecule has 23 heavy (non-hydrogen) atoms. The number of rotatable bonds is 10. The van der Waals surface area contributed by atoms with Crippen LogP contribution in [0, 0.1) is 0 Å². The smallest absolute Gasteiger partial charge is 0.191 e. The Kier molecular flexibility index (Phi) is 15.3. The highest BCUT2D eigenvalue weighted by Gasteiger charge is 2.09. The van der Waals surface area contributed by atoms with Gasteiger partial charge in [-0.1, -0.05) is 13.8 Å². The number of unbranched alkanes of at least 4 members (excludes halogenated alkanes) is 1. The Morgan fingerprint density at radius 1 is 1.09 bits per heavy atom. The maximum Gasteiger partial charge on any atom is 0.191 e. The van der Waals surface area contributed by atoms with E-state index in [-0.39, 0.29) is 24.0 Å². The van der Waals surface area contributed by atoms with Gasteiger partial charge in [-0.3, -0.25) is 9.89 Å². The summed E-state index contributed by atoms with van der Waals surface area (Å²) in [6.07, 6.45) is 2.42. The standard InChI is InChI=1S/C16H35N5O.HI/c1-4-20(5-2)10-7-6-8-18-16(17-3)19-9-11-21-12-14-22-15-13-21;/h4-15H2,1-3H3,(H2,17,18,19);1H. The molecule has 0 aromatic rings. The Morgan fingerprint density at radius 3 is 2.35 bits per heavy atom. The quantitative estimate of drug-likeness (QED) is 0.231. The van der Waals surface area contributed by atoms with Crippen LogP contribution in [0.2, 0.25) is 0 Å². The predicted octanol–water partition coefficient (Wildman–Crippen LogP) is 1.22. The Morgan fingerprint density at radius 2 is 1.74 bits per heavy atom. The number of hydrogen-bond donors (Lipinski definition) is 2. The van der Waals surface area contributed by atoms with Gasteiger partial charge in [-0.05, 0) is 32.5 Å². The van der Waals surface area contributed by atoms with Gasteiger partial charge in [0.05, 0.1) is 13.2 Å². The lowest BCUT2D eigenvalue weighted by molar-refractivity contribution is 0.0389. The van der Waals surface area contributed by atoms with Gasteiger partial charge in [-0.2, -0.15) is 0 Å². The van der Waals surface area contributed by atoms with Crippen molar-refractivity contribution in [3.63, 3.8) is 0 Å². The van der Waals surface area contributed by atoms with Crippen LogP contribution in [0.15, 0.2) is 4.99 Å². The van der Waals surface area contributed by atoms with Gasteiger partial charge in [0.25, 0.3) is 0 Å². The van der Waals surface area contributed by atoms with Crippen molar-refractivity contribution in [2.24, 2.45) is 4.99 Å². The van der Waals surface area contributed by atoms with Crippen LogP contribution >= 0.6 is 24.0 Å². The lowest BCUT2D eigenvalue weighted by atomic mass is 10.3. The molecule has 0 aromatic carbocycles. The average molecular weight is 441 g/mol. The largest absolute Gasteiger partial charge is 0.379 e. The van der Waals surface area contributed by atoms with E-state index in [2.05, 4.69) is 39.3 Å². The topological polar surface area (TPSA) is 52.1 Å². The zero-order chi connectivity index (χ0) is 16.0. The summed E-state index contributed by atoms with van der Waals surface area (Å²) < 4.78 is 5.36. The van der Waals surface area contributed by atoms with Gasteiger partial charge < -0.3 is 20.3 Å². The molecule has 1 rings (SSSR count). The number of hydrogen-bond acceptors (Lipinski definition) is 4. The van der Waals surface area contributed by atoms with E-state index in [0.717, 1.165) is 65.0 Å². The second kappa shape index (κ2) is 15.4. The molecular formula is C16H36IN5O. The van der Waals surface area contributed by atoms with Crippen LogP contribution in [0.4, 0.5) is 0 Å². The van der Waals surface area contributed by atoms with Gasteiger partial charge in [-0.25, -0.2) is 0 Å². The summed E-state index contributed by atoms with van der Waals surface area (Å²) in [5.41, 5.74) is 0. The number of nitrogens with zero attached hydrogens (tertiary/aromatic N) is 3.